The molecular formula is C15H17NO5. The minimum Gasteiger partial charge on any atom is -0.481 e. The second-order valence-electron chi connectivity index (χ2n) is 5.35. The summed E-state index contributed by atoms with van der Waals surface area (Å²) >= 11 is 0. The van der Waals surface area contributed by atoms with Gasteiger partial charge in [0.1, 0.15) is 0 Å². The second kappa shape index (κ2) is 5.87. The Kier molecular flexibility index (Phi) is 4.16. The molecule has 0 atom stereocenters. The third-order valence-corrected chi connectivity index (χ3v) is 3.11. The van der Waals surface area contributed by atoms with Crippen molar-refractivity contribution in [2.75, 3.05) is 13.3 Å². The quantitative estimate of drug-likeness (QED) is 0.806. The summed E-state index contributed by atoms with van der Waals surface area (Å²) in [7, 11) is 0. The molecule has 1 aliphatic heterocycles. The molecule has 0 bridgehead atoms. The minimum atomic E-state index is -0.998. The Labute approximate surface area is 122 Å². The Hall–Kier alpha value is -2.50. The number of ether oxygens (including phenoxy) is 2. The maximum Gasteiger partial charge on any atom is 0.310 e. The maximum absolute atomic E-state index is 11.7. The normalized spacial score (nSPS) is 13.4. The van der Waals surface area contributed by atoms with Crippen LogP contribution >= 0.6 is 0 Å². The van der Waals surface area contributed by atoms with Crippen molar-refractivity contribution < 1.29 is 24.2 Å². The number of carbonyl (C=O) groups is 2. The standard InChI is InChI=1S/C15H17NO5/c1-15(2,14(18)19)8-16-13(17)6-4-10-3-5-11-12(7-10)21-9-20-11/h3-7H,8-9H2,1-2H3,(H,16,17)(H,18,19)/b6-4+. The Morgan fingerprint density at radius 1 is 1.33 bits per heavy atom. The molecule has 1 aromatic carbocycles. The highest BCUT2D eigenvalue weighted by Gasteiger charge is 2.27. The van der Waals surface area contributed by atoms with Gasteiger partial charge >= 0.3 is 5.97 Å². The molecule has 1 aromatic rings. The van der Waals surface area contributed by atoms with E-state index in [1.54, 1.807) is 38.1 Å². The lowest BCUT2D eigenvalue weighted by molar-refractivity contribution is -0.146. The largest absolute Gasteiger partial charge is 0.481 e. The first-order valence-corrected chi connectivity index (χ1v) is 6.47. The molecule has 0 aliphatic carbocycles. The number of hydrogen-bond acceptors (Lipinski definition) is 4. The van der Waals surface area contributed by atoms with E-state index in [1.807, 2.05) is 0 Å². The molecule has 0 spiro atoms. The predicted octanol–water partition coefficient (Wildman–Crippen LogP) is 1.66. The van der Waals surface area contributed by atoms with Crippen LogP contribution in [0.15, 0.2) is 24.3 Å². The van der Waals surface area contributed by atoms with E-state index in [9.17, 15) is 9.59 Å². The minimum absolute atomic E-state index is 0.0621. The van der Waals surface area contributed by atoms with E-state index in [0.717, 1.165) is 5.56 Å². The first-order chi connectivity index (χ1) is 9.88. The molecule has 6 heteroatoms. The van der Waals surface area contributed by atoms with Crippen LogP contribution in [0, 0.1) is 5.41 Å². The smallest absolute Gasteiger partial charge is 0.310 e. The van der Waals surface area contributed by atoms with Crippen LogP contribution in [0.5, 0.6) is 11.5 Å². The van der Waals surface area contributed by atoms with Crippen LogP contribution in [-0.2, 0) is 9.59 Å². The summed E-state index contributed by atoms with van der Waals surface area (Å²) < 4.78 is 10.4. The van der Waals surface area contributed by atoms with Crippen molar-refractivity contribution in [2.45, 2.75) is 13.8 Å². The average molecular weight is 291 g/mol. The second-order valence-corrected chi connectivity index (χ2v) is 5.35. The molecule has 0 unspecified atom stereocenters. The van der Waals surface area contributed by atoms with E-state index < -0.39 is 11.4 Å². The van der Waals surface area contributed by atoms with Gasteiger partial charge in [0.05, 0.1) is 5.41 Å². The van der Waals surface area contributed by atoms with Crippen molar-refractivity contribution in [2.24, 2.45) is 5.41 Å². The van der Waals surface area contributed by atoms with Crippen molar-refractivity contribution in [1.82, 2.24) is 5.32 Å². The zero-order valence-electron chi connectivity index (χ0n) is 11.9. The number of carbonyl (C=O) groups excluding carboxylic acids is 1. The topological polar surface area (TPSA) is 84.9 Å². The molecule has 1 heterocycles. The number of aliphatic carboxylic acids is 1. The molecule has 2 N–H and O–H groups in total. The van der Waals surface area contributed by atoms with Gasteiger partial charge in [-0.25, -0.2) is 0 Å². The molecular weight excluding hydrogens is 274 g/mol. The first kappa shape index (κ1) is 14.9. The van der Waals surface area contributed by atoms with Crippen LogP contribution in [0.4, 0.5) is 0 Å². The molecule has 112 valence electrons. The summed E-state index contributed by atoms with van der Waals surface area (Å²) in [4.78, 5) is 22.6. The third-order valence-electron chi connectivity index (χ3n) is 3.11. The Balaban J connectivity index is 1.92. The average Bonchev–Trinajstić information content (AvgIpc) is 2.90. The van der Waals surface area contributed by atoms with Gasteiger partial charge in [0.15, 0.2) is 11.5 Å². The van der Waals surface area contributed by atoms with Crippen molar-refractivity contribution >= 4 is 18.0 Å². The summed E-state index contributed by atoms with van der Waals surface area (Å²) in [6.45, 7) is 3.37. The molecule has 21 heavy (non-hydrogen) atoms. The zero-order valence-corrected chi connectivity index (χ0v) is 11.9. The van der Waals surface area contributed by atoms with E-state index >= 15 is 0 Å². The van der Waals surface area contributed by atoms with Gasteiger partial charge in [-0.2, -0.15) is 0 Å². The van der Waals surface area contributed by atoms with Crippen LogP contribution in [0.3, 0.4) is 0 Å². The van der Waals surface area contributed by atoms with E-state index in [0.29, 0.717) is 11.5 Å². The van der Waals surface area contributed by atoms with E-state index in [4.69, 9.17) is 14.6 Å². The summed E-state index contributed by atoms with van der Waals surface area (Å²) in [5, 5.41) is 11.5. The predicted molar refractivity (Wildman–Crippen MR) is 76.0 cm³/mol. The van der Waals surface area contributed by atoms with Crippen molar-refractivity contribution in [3.8, 4) is 11.5 Å². The van der Waals surface area contributed by atoms with Crippen LogP contribution < -0.4 is 14.8 Å². The summed E-state index contributed by atoms with van der Waals surface area (Å²) in [6, 6.07) is 5.35. The number of carboxylic acid groups (broad SMARTS) is 1. The molecule has 6 nitrogen and oxygen atoms in total. The van der Waals surface area contributed by atoms with E-state index in [2.05, 4.69) is 5.32 Å². The highest BCUT2D eigenvalue weighted by atomic mass is 16.7. The number of nitrogens with one attached hydrogen (secondary N) is 1. The molecule has 0 radical (unpaired) electrons. The SMILES string of the molecule is CC(C)(CNC(=O)/C=C/c1ccc2c(c1)OCO2)C(=O)O. The number of fused-ring (bicyclic) bond motifs is 1. The van der Waals surface area contributed by atoms with Crippen LogP contribution in [0.1, 0.15) is 19.4 Å². The Bertz CT molecular complexity index is 592. The van der Waals surface area contributed by atoms with Gasteiger partial charge in [-0.1, -0.05) is 6.07 Å². The van der Waals surface area contributed by atoms with Crippen molar-refractivity contribution in [3.63, 3.8) is 0 Å². The highest BCUT2D eigenvalue weighted by Crippen LogP contribution is 2.32. The molecule has 0 saturated carbocycles. The van der Waals surface area contributed by atoms with E-state index in [-0.39, 0.29) is 19.2 Å². The van der Waals surface area contributed by atoms with Gasteiger partial charge in [0.25, 0.3) is 0 Å². The monoisotopic (exact) mass is 291 g/mol. The van der Waals surface area contributed by atoms with Gasteiger partial charge in [-0.15, -0.1) is 0 Å². The molecule has 2 rings (SSSR count). The van der Waals surface area contributed by atoms with Crippen LogP contribution in [0.2, 0.25) is 0 Å². The first-order valence-electron chi connectivity index (χ1n) is 6.47. The van der Waals surface area contributed by atoms with Gasteiger partial charge in [-0.05, 0) is 37.6 Å². The van der Waals surface area contributed by atoms with Crippen molar-refractivity contribution in [1.29, 1.82) is 0 Å². The van der Waals surface area contributed by atoms with Gasteiger partial charge < -0.3 is 19.9 Å². The number of rotatable bonds is 5. The fraction of sp³-hybridized carbons (Fsp3) is 0.333. The van der Waals surface area contributed by atoms with Crippen molar-refractivity contribution in [3.05, 3.63) is 29.8 Å². The summed E-state index contributed by atoms with van der Waals surface area (Å²) in [5.41, 5.74) is -0.200. The lowest BCUT2D eigenvalue weighted by Gasteiger charge is -2.18. The summed E-state index contributed by atoms with van der Waals surface area (Å²) in [6.07, 6.45) is 2.99. The fourth-order valence-electron chi connectivity index (χ4n) is 1.63. The lowest BCUT2D eigenvalue weighted by atomic mass is 9.94. The molecule has 0 saturated heterocycles. The van der Waals surface area contributed by atoms with Gasteiger partial charge in [0.2, 0.25) is 12.7 Å². The van der Waals surface area contributed by atoms with Crippen LogP contribution in [0.25, 0.3) is 6.08 Å². The Morgan fingerprint density at radius 3 is 2.76 bits per heavy atom. The molecule has 1 aliphatic rings. The fourth-order valence-corrected chi connectivity index (χ4v) is 1.63. The maximum atomic E-state index is 11.7. The molecule has 1 amide bonds. The number of benzene rings is 1. The van der Waals surface area contributed by atoms with Crippen LogP contribution in [-0.4, -0.2) is 30.3 Å². The zero-order chi connectivity index (χ0) is 15.5. The molecule has 0 fully saturated rings. The highest BCUT2D eigenvalue weighted by molar-refractivity contribution is 5.92. The summed E-state index contributed by atoms with van der Waals surface area (Å²) in [5.74, 6) is 0.0221. The number of hydrogen-bond donors (Lipinski definition) is 2. The third kappa shape index (κ3) is 3.75. The number of carboxylic acids is 1. The lowest BCUT2D eigenvalue weighted by Crippen LogP contribution is -2.38. The number of amides is 1. The van der Waals surface area contributed by atoms with Gasteiger partial charge in [-0.3, -0.25) is 9.59 Å². The molecule has 0 aromatic heterocycles. The van der Waals surface area contributed by atoms with Gasteiger partial charge in [0, 0.05) is 12.6 Å². The Morgan fingerprint density at radius 2 is 2.05 bits per heavy atom. The van der Waals surface area contributed by atoms with E-state index in [1.165, 1.54) is 6.08 Å².